The maximum Gasteiger partial charge on any atom is 0.247 e. The van der Waals surface area contributed by atoms with E-state index < -0.39 is 17.2 Å². The van der Waals surface area contributed by atoms with E-state index >= 15 is 0 Å². The molecule has 0 unspecified atom stereocenters. The van der Waals surface area contributed by atoms with Crippen LogP contribution in [0, 0.1) is 5.41 Å². The van der Waals surface area contributed by atoms with Crippen LogP contribution in [0.3, 0.4) is 0 Å². The van der Waals surface area contributed by atoms with E-state index in [1.54, 1.807) is 67.8 Å². The summed E-state index contributed by atoms with van der Waals surface area (Å²) in [5.74, 6) is 0.404. The first-order chi connectivity index (χ1) is 15.4. The van der Waals surface area contributed by atoms with Gasteiger partial charge in [-0.05, 0) is 55.3 Å². The van der Waals surface area contributed by atoms with Gasteiger partial charge in [-0.3, -0.25) is 14.5 Å². The Morgan fingerprint density at radius 3 is 2.31 bits per heavy atom. The van der Waals surface area contributed by atoms with Crippen molar-refractivity contribution in [1.82, 2.24) is 0 Å². The molecule has 0 aliphatic heterocycles. The fourth-order valence-electron chi connectivity index (χ4n) is 3.44. The van der Waals surface area contributed by atoms with Crippen molar-refractivity contribution in [3.05, 3.63) is 76.8 Å². The van der Waals surface area contributed by atoms with Gasteiger partial charge in [0.05, 0.1) is 23.5 Å². The smallest absolute Gasteiger partial charge is 0.247 e. The summed E-state index contributed by atoms with van der Waals surface area (Å²) in [5, 5.41) is 0.672. The van der Waals surface area contributed by atoms with E-state index in [0.29, 0.717) is 46.5 Å². The molecule has 1 fully saturated rings. The average Bonchev–Trinajstić information content (AvgIpc) is 3.59. The SMILES string of the molecule is COc1cccc(Oc2ccccc2N(C(=O)C2(C(N)=O)CC2)c2ccc(Cl)cc2Cl)c1. The highest BCUT2D eigenvalue weighted by Gasteiger charge is 2.57. The molecule has 0 radical (unpaired) electrons. The Labute approximate surface area is 195 Å². The van der Waals surface area contributed by atoms with Crippen molar-refractivity contribution in [1.29, 1.82) is 0 Å². The number of nitrogens with zero attached hydrogens (tertiary/aromatic N) is 1. The third kappa shape index (κ3) is 4.11. The molecule has 1 saturated carbocycles. The number of rotatable bonds is 7. The number of hydrogen-bond acceptors (Lipinski definition) is 4. The first kappa shape index (κ1) is 22.0. The molecule has 6 nitrogen and oxygen atoms in total. The molecule has 32 heavy (non-hydrogen) atoms. The van der Waals surface area contributed by atoms with Gasteiger partial charge in [0.15, 0.2) is 5.75 Å². The number of ether oxygens (including phenoxy) is 2. The van der Waals surface area contributed by atoms with Gasteiger partial charge in [0.1, 0.15) is 16.9 Å². The summed E-state index contributed by atoms with van der Waals surface area (Å²) in [5.41, 5.74) is 5.11. The van der Waals surface area contributed by atoms with E-state index in [9.17, 15) is 9.59 Å². The molecule has 1 aliphatic carbocycles. The first-order valence-electron chi connectivity index (χ1n) is 9.86. The largest absolute Gasteiger partial charge is 0.497 e. The van der Waals surface area contributed by atoms with Crippen LogP contribution in [0.15, 0.2) is 66.7 Å². The molecule has 0 heterocycles. The highest BCUT2D eigenvalue weighted by molar-refractivity contribution is 6.37. The zero-order valence-electron chi connectivity index (χ0n) is 17.2. The van der Waals surface area contributed by atoms with Crippen LogP contribution in [0.1, 0.15) is 12.8 Å². The number of methoxy groups -OCH3 is 1. The van der Waals surface area contributed by atoms with Crippen LogP contribution in [0.25, 0.3) is 0 Å². The number of anilines is 2. The van der Waals surface area contributed by atoms with Crippen molar-refractivity contribution in [2.75, 3.05) is 12.0 Å². The molecule has 164 valence electrons. The second kappa shape index (κ2) is 8.73. The van der Waals surface area contributed by atoms with Crippen LogP contribution >= 0.6 is 23.2 Å². The monoisotopic (exact) mass is 470 g/mol. The van der Waals surface area contributed by atoms with Crippen molar-refractivity contribution in [3.63, 3.8) is 0 Å². The maximum atomic E-state index is 13.7. The van der Waals surface area contributed by atoms with Crippen molar-refractivity contribution in [2.45, 2.75) is 12.8 Å². The van der Waals surface area contributed by atoms with E-state index in [1.165, 1.54) is 11.0 Å². The summed E-state index contributed by atoms with van der Waals surface area (Å²) in [7, 11) is 1.56. The Kier molecular flexibility index (Phi) is 6.00. The lowest BCUT2D eigenvalue weighted by Crippen LogP contribution is -2.41. The van der Waals surface area contributed by atoms with Gasteiger partial charge in [0.2, 0.25) is 11.8 Å². The quantitative estimate of drug-likeness (QED) is 0.447. The van der Waals surface area contributed by atoms with Crippen molar-refractivity contribution < 1.29 is 19.1 Å². The lowest BCUT2D eigenvalue weighted by molar-refractivity contribution is -0.133. The van der Waals surface area contributed by atoms with Gasteiger partial charge in [0.25, 0.3) is 0 Å². The molecule has 0 aromatic heterocycles. The van der Waals surface area contributed by atoms with Crippen LogP contribution < -0.4 is 20.1 Å². The van der Waals surface area contributed by atoms with Gasteiger partial charge in [-0.15, -0.1) is 0 Å². The van der Waals surface area contributed by atoms with E-state index in [-0.39, 0.29) is 5.02 Å². The Hall–Kier alpha value is -3.22. The van der Waals surface area contributed by atoms with E-state index in [1.807, 2.05) is 0 Å². The van der Waals surface area contributed by atoms with E-state index in [4.69, 9.17) is 38.4 Å². The van der Waals surface area contributed by atoms with Crippen molar-refractivity contribution in [3.8, 4) is 17.2 Å². The molecule has 0 atom stereocenters. The van der Waals surface area contributed by atoms with Crippen molar-refractivity contribution >= 4 is 46.4 Å². The topological polar surface area (TPSA) is 81.9 Å². The minimum Gasteiger partial charge on any atom is -0.497 e. The molecular weight excluding hydrogens is 451 g/mol. The average molecular weight is 471 g/mol. The van der Waals surface area contributed by atoms with Gasteiger partial charge in [-0.25, -0.2) is 0 Å². The minimum absolute atomic E-state index is 0.252. The molecule has 0 bridgehead atoms. The normalized spacial score (nSPS) is 13.8. The van der Waals surface area contributed by atoms with E-state index in [0.717, 1.165) is 0 Å². The Morgan fingerprint density at radius 2 is 1.66 bits per heavy atom. The third-order valence-corrected chi connectivity index (χ3v) is 5.90. The molecule has 2 N–H and O–H groups in total. The summed E-state index contributed by atoms with van der Waals surface area (Å²) < 4.78 is 11.4. The number of halogens is 2. The number of amides is 2. The predicted octanol–water partition coefficient (Wildman–Crippen LogP) is 5.72. The van der Waals surface area contributed by atoms with Gasteiger partial charge in [0, 0.05) is 11.1 Å². The summed E-state index contributed by atoms with van der Waals surface area (Å²) in [6, 6.07) is 18.9. The van der Waals surface area contributed by atoms with Crippen LogP contribution in [0.4, 0.5) is 11.4 Å². The Bertz CT molecular complexity index is 1190. The minimum atomic E-state index is -1.27. The highest BCUT2D eigenvalue weighted by atomic mass is 35.5. The van der Waals surface area contributed by atoms with E-state index in [2.05, 4.69) is 0 Å². The number of nitrogens with two attached hydrogens (primary N) is 1. The fourth-order valence-corrected chi connectivity index (χ4v) is 3.93. The Morgan fingerprint density at radius 1 is 0.938 bits per heavy atom. The predicted molar refractivity (Wildman–Crippen MR) is 124 cm³/mol. The second-order valence-corrected chi connectivity index (χ2v) is 8.28. The number of primary amides is 1. The zero-order valence-corrected chi connectivity index (χ0v) is 18.7. The molecule has 4 rings (SSSR count). The zero-order chi connectivity index (χ0) is 22.9. The lowest BCUT2D eigenvalue weighted by Gasteiger charge is -2.28. The molecule has 3 aromatic rings. The highest BCUT2D eigenvalue weighted by Crippen LogP contribution is 2.51. The summed E-state index contributed by atoms with van der Waals surface area (Å²) in [6.07, 6.45) is 0.754. The summed E-state index contributed by atoms with van der Waals surface area (Å²) >= 11 is 12.5. The number of carbonyl (C=O) groups excluding carboxylic acids is 2. The van der Waals surface area contributed by atoms with Gasteiger partial charge in [-0.2, -0.15) is 0 Å². The number of carbonyl (C=O) groups is 2. The molecule has 1 aliphatic rings. The molecule has 0 spiro atoms. The fraction of sp³-hybridized carbons (Fsp3) is 0.167. The first-order valence-corrected chi connectivity index (χ1v) is 10.6. The Balaban J connectivity index is 1.83. The third-order valence-electron chi connectivity index (χ3n) is 5.36. The standard InChI is InChI=1S/C24H20Cl2N2O4/c1-31-16-5-4-6-17(14-16)32-21-8-3-2-7-20(21)28(19-10-9-15(25)13-18(19)26)23(30)24(11-12-24)22(27)29/h2-10,13-14H,11-12H2,1H3,(H2,27,29). The van der Waals surface area contributed by atoms with Crippen LogP contribution in [-0.2, 0) is 9.59 Å². The van der Waals surface area contributed by atoms with Crippen LogP contribution in [-0.4, -0.2) is 18.9 Å². The van der Waals surface area contributed by atoms with Crippen LogP contribution in [0.5, 0.6) is 17.2 Å². The number of benzene rings is 3. The van der Waals surface area contributed by atoms with Gasteiger partial charge < -0.3 is 15.2 Å². The summed E-state index contributed by atoms with van der Waals surface area (Å²) in [6.45, 7) is 0. The number of para-hydroxylation sites is 2. The maximum absolute atomic E-state index is 13.7. The molecule has 2 amide bonds. The van der Waals surface area contributed by atoms with Gasteiger partial charge >= 0.3 is 0 Å². The number of hydrogen-bond donors (Lipinski definition) is 1. The molecule has 8 heteroatoms. The lowest BCUT2D eigenvalue weighted by atomic mass is 10.0. The van der Waals surface area contributed by atoms with Crippen molar-refractivity contribution in [2.24, 2.45) is 11.1 Å². The molecule has 0 saturated heterocycles. The van der Waals surface area contributed by atoms with Crippen LogP contribution in [0.2, 0.25) is 10.0 Å². The molecule has 3 aromatic carbocycles. The second-order valence-electron chi connectivity index (χ2n) is 7.43. The van der Waals surface area contributed by atoms with Gasteiger partial charge in [-0.1, -0.05) is 41.4 Å². The molecular formula is C24H20Cl2N2O4. The summed E-state index contributed by atoms with van der Waals surface area (Å²) in [4.78, 5) is 27.2.